The summed E-state index contributed by atoms with van der Waals surface area (Å²) in [6.07, 6.45) is 4.71. The minimum atomic E-state index is -0.907. The molecule has 1 amide bonds. The van der Waals surface area contributed by atoms with Crippen LogP contribution in [0, 0.1) is 0 Å². The molecule has 0 aromatic heterocycles. The van der Waals surface area contributed by atoms with Crippen molar-refractivity contribution in [2.45, 2.75) is 38.8 Å². The lowest BCUT2D eigenvalue weighted by Crippen LogP contribution is -2.42. The SMILES string of the molecule is CCN1C(C[N-]C(C)(C)C(N)=O)=NC2=CC=C(Oc3ccc(NC)cc3)CC21. The Kier molecular flexibility index (Phi) is 5.74. The molecule has 1 aromatic rings. The number of ether oxygens (including phenoxy) is 1. The highest BCUT2D eigenvalue weighted by Crippen LogP contribution is 2.32. The lowest BCUT2D eigenvalue weighted by Gasteiger charge is -2.39. The number of aliphatic imine (C=N–C) groups is 1. The van der Waals surface area contributed by atoms with Crippen LogP contribution >= 0.6 is 0 Å². The Labute approximate surface area is 166 Å². The Balaban J connectivity index is 1.69. The van der Waals surface area contributed by atoms with Crippen LogP contribution < -0.4 is 15.8 Å². The standard InChI is InChI=1S/C21H28N5O2/c1-5-26-18-12-16(28-15-8-6-14(23-4)7-9-15)10-11-17(18)25-19(26)13-24-21(2,3)20(22)27/h6-11,18,23H,5,12-13H2,1-4H3,(H2,22,27)/q-1. The molecule has 1 aliphatic heterocycles. The van der Waals surface area contributed by atoms with E-state index in [-0.39, 0.29) is 6.04 Å². The van der Waals surface area contributed by atoms with Crippen LogP contribution in [-0.4, -0.2) is 48.4 Å². The van der Waals surface area contributed by atoms with Crippen LogP contribution in [0.15, 0.2) is 52.9 Å². The molecule has 7 nitrogen and oxygen atoms in total. The average molecular weight is 382 g/mol. The molecule has 1 aliphatic carbocycles. The van der Waals surface area contributed by atoms with Gasteiger partial charge in [-0.3, -0.25) is 4.79 Å². The Bertz CT molecular complexity index is 824. The zero-order chi connectivity index (χ0) is 20.3. The molecule has 0 saturated carbocycles. The molecule has 0 bridgehead atoms. The fraction of sp³-hybridized carbons (Fsp3) is 0.429. The molecule has 28 heavy (non-hydrogen) atoms. The number of nitrogens with one attached hydrogen (secondary N) is 1. The first-order valence-corrected chi connectivity index (χ1v) is 9.53. The van der Waals surface area contributed by atoms with Gasteiger partial charge in [-0.15, -0.1) is 0 Å². The largest absolute Gasteiger partial charge is 0.643 e. The van der Waals surface area contributed by atoms with Crippen molar-refractivity contribution in [2.24, 2.45) is 10.7 Å². The molecule has 0 fully saturated rings. The van der Waals surface area contributed by atoms with Crippen molar-refractivity contribution in [3.05, 3.63) is 53.2 Å². The predicted molar refractivity (Wildman–Crippen MR) is 113 cm³/mol. The Morgan fingerprint density at radius 1 is 1.36 bits per heavy atom. The molecule has 3 rings (SSSR count). The molecule has 1 aromatic carbocycles. The normalized spacial score (nSPS) is 18.8. The number of benzene rings is 1. The fourth-order valence-electron chi connectivity index (χ4n) is 3.22. The van der Waals surface area contributed by atoms with Crippen LogP contribution in [0.4, 0.5) is 5.69 Å². The lowest BCUT2D eigenvalue weighted by atomic mass is 10.0. The Morgan fingerprint density at radius 2 is 2.07 bits per heavy atom. The summed E-state index contributed by atoms with van der Waals surface area (Å²) in [4.78, 5) is 18.5. The number of primary amides is 1. The second kappa shape index (κ2) is 8.06. The van der Waals surface area contributed by atoms with E-state index in [1.165, 1.54) is 0 Å². The number of nitrogens with zero attached hydrogens (tertiary/aromatic N) is 3. The second-order valence-corrected chi connectivity index (χ2v) is 7.37. The number of allylic oxidation sites excluding steroid dienone is 2. The molecule has 7 heteroatoms. The number of hydrogen-bond acceptors (Lipinski definition) is 5. The summed E-state index contributed by atoms with van der Waals surface area (Å²) in [6, 6.07) is 7.99. The van der Waals surface area contributed by atoms with E-state index in [2.05, 4.69) is 22.5 Å². The zero-order valence-electron chi connectivity index (χ0n) is 16.9. The first-order chi connectivity index (χ1) is 13.3. The summed E-state index contributed by atoms with van der Waals surface area (Å²) in [5.41, 5.74) is 6.56. The van der Waals surface area contributed by atoms with E-state index in [9.17, 15) is 4.79 Å². The highest BCUT2D eigenvalue weighted by atomic mass is 16.5. The molecule has 0 saturated heterocycles. The highest BCUT2D eigenvalue weighted by molar-refractivity contribution is 5.93. The molecule has 2 aliphatic rings. The first kappa shape index (κ1) is 19.9. The second-order valence-electron chi connectivity index (χ2n) is 7.37. The van der Waals surface area contributed by atoms with Gasteiger partial charge in [-0.25, -0.2) is 4.99 Å². The maximum absolute atomic E-state index is 11.5. The number of carbonyl (C=O) groups excluding carboxylic acids is 1. The maximum atomic E-state index is 11.5. The molecule has 1 atom stereocenters. The third-order valence-corrected chi connectivity index (χ3v) is 5.09. The van der Waals surface area contributed by atoms with Crippen LogP contribution in [0.5, 0.6) is 5.75 Å². The van der Waals surface area contributed by atoms with Crippen molar-refractivity contribution in [1.29, 1.82) is 0 Å². The van der Waals surface area contributed by atoms with Gasteiger partial charge in [0.15, 0.2) is 0 Å². The molecular weight excluding hydrogens is 354 g/mol. The van der Waals surface area contributed by atoms with E-state index >= 15 is 0 Å². The zero-order valence-corrected chi connectivity index (χ0v) is 16.9. The third-order valence-electron chi connectivity index (χ3n) is 5.09. The van der Waals surface area contributed by atoms with Crippen molar-refractivity contribution in [2.75, 3.05) is 25.5 Å². The number of rotatable bonds is 8. The number of nitrogens with two attached hydrogens (primary N) is 1. The summed E-state index contributed by atoms with van der Waals surface area (Å²) in [5, 5.41) is 7.56. The topological polar surface area (TPSA) is 94.0 Å². The lowest BCUT2D eigenvalue weighted by molar-refractivity contribution is -0.121. The van der Waals surface area contributed by atoms with Crippen LogP contribution in [0.1, 0.15) is 27.2 Å². The van der Waals surface area contributed by atoms with Gasteiger partial charge in [0.1, 0.15) is 11.5 Å². The highest BCUT2D eigenvalue weighted by Gasteiger charge is 2.32. The summed E-state index contributed by atoms with van der Waals surface area (Å²) < 4.78 is 6.06. The van der Waals surface area contributed by atoms with Gasteiger partial charge < -0.3 is 26.0 Å². The molecule has 150 valence electrons. The van der Waals surface area contributed by atoms with Crippen molar-refractivity contribution < 1.29 is 9.53 Å². The number of likely N-dealkylation sites (N-methyl/N-ethyl adjacent to an activating group) is 1. The van der Waals surface area contributed by atoms with Gasteiger partial charge in [-0.2, -0.15) is 0 Å². The average Bonchev–Trinajstić information content (AvgIpc) is 3.03. The quantitative estimate of drug-likeness (QED) is 0.723. The van der Waals surface area contributed by atoms with Gasteiger partial charge >= 0.3 is 0 Å². The molecule has 0 radical (unpaired) electrons. The molecular formula is C21H28N5O2-. The fourth-order valence-corrected chi connectivity index (χ4v) is 3.22. The number of hydrogen-bond donors (Lipinski definition) is 2. The molecule has 1 unspecified atom stereocenters. The summed E-state index contributed by atoms with van der Waals surface area (Å²) in [5.74, 6) is 2.13. The van der Waals surface area contributed by atoms with Crippen LogP contribution in [0.3, 0.4) is 0 Å². The number of carbonyl (C=O) groups is 1. The van der Waals surface area contributed by atoms with Crippen molar-refractivity contribution in [1.82, 2.24) is 4.90 Å². The van der Waals surface area contributed by atoms with Crippen molar-refractivity contribution in [3.8, 4) is 5.75 Å². The number of fused-ring (bicyclic) bond motifs is 1. The number of anilines is 1. The van der Waals surface area contributed by atoms with Gasteiger partial charge in [0.05, 0.1) is 17.6 Å². The molecule has 3 N–H and O–H groups in total. The summed E-state index contributed by atoms with van der Waals surface area (Å²) in [6.45, 7) is 6.70. The summed E-state index contributed by atoms with van der Waals surface area (Å²) in [7, 11) is 1.89. The van der Waals surface area contributed by atoms with Crippen LogP contribution in [-0.2, 0) is 4.79 Å². The first-order valence-electron chi connectivity index (χ1n) is 9.53. The minimum Gasteiger partial charge on any atom is -0.643 e. The summed E-state index contributed by atoms with van der Waals surface area (Å²) >= 11 is 0. The van der Waals surface area contributed by atoms with Gasteiger partial charge in [0.25, 0.3) is 0 Å². The van der Waals surface area contributed by atoms with E-state index in [1.54, 1.807) is 13.8 Å². The van der Waals surface area contributed by atoms with Gasteiger partial charge in [-0.1, -0.05) is 20.4 Å². The molecule has 1 heterocycles. The van der Waals surface area contributed by atoms with Crippen LogP contribution in [0.2, 0.25) is 0 Å². The number of amides is 1. The smallest absolute Gasteiger partial charge is 0.202 e. The Hall–Kier alpha value is -2.80. The Morgan fingerprint density at radius 3 is 2.68 bits per heavy atom. The predicted octanol–water partition coefficient (Wildman–Crippen LogP) is 3.02. The maximum Gasteiger partial charge on any atom is 0.202 e. The number of amidine groups is 1. The molecule has 0 spiro atoms. The van der Waals surface area contributed by atoms with E-state index in [0.717, 1.165) is 41.7 Å². The van der Waals surface area contributed by atoms with E-state index in [1.807, 2.05) is 43.5 Å². The van der Waals surface area contributed by atoms with Crippen LogP contribution in [0.25, 0.3) is 5.32 Å². The van der Waals surface area contributed by atoms with Gasteiger partial charge in [0.2, 0.25) is 5.91 Å². The van der Waals surface area contributed by atoms with Crippen molar-refractivity contribution in [3.63, 3.8) is 0 Å². The monoisotopic (exact) mass is 382 g/mol. The van der Waals surface area contributed by atoms with Crippen molar-refractivity contribution >= 4 is 17.4 Å². The van der Waals surface area contributed by atoms with E-state index < -0.39 is 11.4 Å². The third kappa shape index (κ3) is 4.20. The van der Waals surface area contributed by atoms with Gasteiger partial charge in [0, 0.05) is 25.7 Å². The van der Waals surface area contributed by atoms with E-state index in [4.69, 9.17) is 15.5 Å². The minimum absolute atomic E-state index is 0.128. The van der Waals surface area contributed by atoms with Gasteiger partial charge in [-0.05, 0) is 48.9 Å². The van der Waals surface area contributed by atoms with E-state index in [0.29, 0.717) is 6.54 Å².